The van der Waals surface area contributed by atoms with Gasteiger partial charge in [-0.3, -0.25) is 0 Å². The lowest BCUT2D eigenvalue weighted by Crippen LogP contribution is -2.43. The number of piperidine rings is 1. The Kier molecular flexibility index (Phi) is 4.05. The molecule has 3 rings (SSSR count). The summed E-state index contributed by atoms with van der Waals surface area (Å²) < 4.78 is 0. The number of hydrogen-bond donors (Lipinski definition) is 1. The summed E-state index contributed by atoms with van der Waals surface area (Å²) in [6.45, 7) is 7.49. The zero-order valence-corrected chi connectivity index (χ0v) is 11.8. The fourth-order valence-corrected chi connectivity index (χ4v) is 4.08. The predicted octanol–water partition coefficient (Wildman–Crippen LogP) is 2.66. The van der Waals surface area contributed by atoms with Gasteiger partial charge in [-0.1, -0.05) is 18.6 Å². The zero-order valence-electron chi connectivity index (χ0n) is 11.8. The molecule has 0 spiro atoms. The van der Waals surface area contributed by atoms with Gasteiger partial charge in [-0.05, 0) is 70.0 Å². The Morgan fingerprint density at radius 3 is 2.67 bits per heavy atom. The van der Waals surface area contributed by atoms with Crippen LogP contribution in [0.4, 0.5) is 0 Å². The van der Waals surface area contributed by atoms with Crippen LogP contribution in [0.15, 0.2) is 12.2 Å². The summed E-state index contributed by atoms with van der Waals surface area (Å²) in [7, 11) is 0. The highest BCUT2D eigenvalue weighted by molar-refractivity contribution is 5.10. The molecule has 0 aromatic heterocycles. The lowest BCUT2D eigenvalue weighted by atomic mass is 9.93. The Morgan fingerprint density at radius 2 is 2.00 bits per heavy atom. The maximum absolute atomic E-state index is 3.78. The van der Waals surface area contributed by atoms with Gasteiger partial charge in [0.15, 0.2) is 0 Å². The number of fused-ring (bicyclic) bond motifs is 2. The van der Waals surface area contributed by atoms with Gasteiger partial charge < -0.3 is 10.2 Å². The summed E-state index contributed by atoms with van der Waals surface area (Å²) in [4.78, 5) is 2.64. The first-order valence-corrected chi connectivity index (χ1v) is 7.95. The fraction of sp³-hybridized carbons (Fsp3) is 0.875. The van der Waals surface area contributed by atoms with Crippen LogP contribution >= 0.6 is 0 Å². The number of likely N-dealkylation sites (tertiary alicyclic amines) is 1. The lowest BCUT2D eigenvalue weighted by molar-refractivity contribution is 0.206. The first kappa shape index (κ1) is 12.7. The van der Waals surface area contributed by atoms with Crippen LogP contribution < -0.4 is 5.32 Å². The molecule has 102 valence electrons. The predicted molar refractivity (Wildman–Crippen MR) is 76.6 cm³/mol. The molecule has 1 heterocycles. The summed E-state index contributed by atoms with van der Waals surface area (Å²) in [5.74, 6) is 2.73. The first-order chi connectivity index (χ1) is 8.81. The van der Waals surface area contributed by atoms with Crippen LogP contribution in [0.25, 0.3) is 0 Å². The van der Waals surface area contributed by atoms with E-state index in [-0.39, 0.29) is 0 Å². The molecule has 1 saturated heterocycles. The summed E-state index contributed by atoms with van der Waals surface area (Å²) >= 11 is 0. The Balaban J connectivity index is 1.36. The molecule has 3 aliphatic rings. The average molecular weight is 248 g/mol. The normalized spacial score (nSPS) is 37.3. The first-order valence-electron chi connectivity index (χ1n) is 7.95. The summed E-state index contributed by atoms with van der Waals surface area (Å²) in [5.41, 5.74) is 0. The van der Waals surface area contributed by atoms with E-state index in [4.69, 9.17) is 0 Å². The summed E-state index contributed by atoms with van der Waals surface area (Å²) in [6.07, 6.45) is 12.0. The molecular formula is C16H28N2. The second-order valence-corrected chi connectivity index (χ2v) is 6.71. The molecule has 2 nitrogen and oxygen atoms in total. The third-order valence-corrected chi connectivity index (χ3v) is 5.13. The van der Waals surface area contributed by atoms with E-state index >= 15 is 0 Å². The molecule has 1 saturated carbocycles. The Morgan fingerprint density at radius 1 is 1.17 bits per heavy atom. The van der Waals surface area contributed by atoms with Crippen LogP contribution in [-0.2, 0) is 0 Å². The van der Waals surface area contributed by atoms with Gasteiger partial charge in [0.1, 0.15) is 0 Å². The van der Waals surface area contributed by atoms with Crippen molar-refractivity contribution in [2.24, 2.45) is 17.8 Å². The number of rotatable bonds is 5. The van der Waals surface area contributed by atoms with Gasteiger partial charge in [0.25, 0.3) is 0 Å². The highest BCUT2D eigenvalue weighted by Crippen LogP contribution is 2.42. The van der Waals surface area contributed by atoms with Crippen molar-refractivity contribution in [2.45, 2.75) is 45.1 Å². The summed E-state index contributed by atoms with van der Waals surface area (Å²) in [6, 6.07) is 0.659. The SMILES string of the molecule is CC(CN1CCCCC1)NCC1CC2C=CC1C2. The van der Waals surface area contributed by atoms with Crippen molar-refractivity contribution in [2.75, 3.05) is 26.2 Å². The maximum Gasteiger partial charge on any atom is 0.0166 e. The van der Waals surface area contributed by atoms with Gasteiger partial charge in [0, 0.05) is 12.6 Å². The highest BCUT2D eigenvalue weighted by atomic mass is 15.1. The smallest absolute Gasteiger partial charge is 0.0166 e. The van der Waals surface area contributed by atoms with Crippen LogP contribution in [0.3, 0.4) is 0 Å². The van der Waals surface area contributed by atoms with Crippen LogP contribution in [0.2, 0.25) is 0 Å². The molecule has 4 atom stereocenters. The third-order valence-electron chi connectivity index (χ3n) is 5.13. The Hall–Kier alpha value is -0.340. The number of hydrogen-bond acceptors (Lipinski definition) is 2. The molecule has 1 N–H and O–H groups in total. The molecule has 1 aliphatic heterocycles. The van der Waals surface area contributed by atoms with Gasteiger partial charge in [-0.25, -0.2) is 0 Å². The van der Waals surface area contributed by atoms with Crippen LogP contribution in [-0.4, -0.2) is 37.1 Å². The van der Waals surface area contributed by atoms with E-state index in [1.807, 2.05) is 0 Å². The molecule has 2 heteroatoms. The van der Waals surface area contributed by atoms with E-state index < -0.39 is 0 Å². The second kappa shape index (κ2) is 5.75. The van der Waals surface area contributed by atoms with E-state index in [2.05, 4.69) is 29.3 Å². The topological polar surface area (TPSA) is 15.3 Å². The molecular weight excluding hydrogens is 220 g/mol. The van der Waals surface area contributed by atoms with Crippen molar-refractivity contribution in [1.29, 1.82) is 0 Å². The van der Waals surface area contributed by atoms with Crippen molar-refractivity contribution in [3.8, 4) is 0 Å². The number of nitrogens with one attached hydrogen (secondary N) is 1. The van der Waals surface area contributed by atoms with Crippen LogP contribution in [0.5, 0.6) is 0 Å². The van der Waals surface area contributed by atoms with Crippen molar-refractivity contribution in [1.82, 2.24) is 10.2 Å². The Labute approximate surface area is 112 Å². The maximum atomic E-state index is 3.78. The standard InChI is InChI=1S/C16H28N2/c1-13(12-18-7-3-2-4-8-18)17-11-16-10-14-5-6-15(16)9-14/h5-6,13-17H,2-4,7-12H2,1H3. The summed E-state index contributed by atoms with van der Waals surface area (Å²) in [5, 5.41) is 3.78. The van der Waals surface area contributed by atoms with Gasteiger partial charge in [-0.2, -0.15) is 0 Å². The second-order valence-electron chi connectivity index (χ2n) is 6.71. The molecule has 0 radical (unpaired) electrons. The quantitative estimate of drug-likeness (QED) is 0.753. The van der Waals surface area contributed by atoms with Crippen molar-refractivity contribution >= 4 is 0 Å². The molecule has 4 unspecified atom stereocenters. The third kappa shape index (κ3) is 2.97. The minimum absolute atomic E-state index is 0.659. The zero-order chi connectivity index (χ0) is 12.4. The largest absolute Gasteiger partial charge is 0.313 e. The van der Waals surface area contributed by atoms with Gasteiger partial charge in [0.05, 0.1) is 0 Å². The van der Waals surface area contributed by atoms with Gasteiger partial charge in [-0.15, -0.1) is 0 Å². The van der Waals surface area contributed by atoms with E-state index in [0.717, 1.165) is 17.8 Å². The van der Waals surface area contributed by atoms with Crippen LogP contribution in [0, 0.1) is 17.8 Å². The van der Waals surface area contributed by atoms with Crippen molar-refractivity contribution < 1.29 is 0 Å². The van der Waals surface area contributed by atoms with Crippen molar-refractivity contribution in [3.05, 3.63) is 12.2 Å². The molecule has 18 heavy (non-hydrogen) atoms. The monoisotopic (exact) mass is 248 g/mol. The molecule has 0 aromatic rings. The van der Waals surface area contributed by atoms with Gasteiger partial charge in [0.2, 0.25) is 0 Å². The molecule has 2 bridgehead atoms. The fourth-order valence-electron chi connectivity index (χ4n) is 4.08. The van der Waals surface area contributed by atoms with Gasteiger partial charge >= 0.3 is 0 Å². The van der Waals surface area contributed by atoms with E-state index in [0.29, 0.717) is 6.04 Å². The van der Waals surface area contributed by atoms with Crippen LogP contribution in [0.1, 0.15) is 39.0 Å². The molecule has 0 aromatic carbocycles. The minimum Gasteiger partial charge on any atom is -0.313 e. The minimum atomic E-state index is 0.659. The molecule has 2 fully saturated rings. The average Bonchev–Trinajstić information content (AvgIpc) is 3.00. The van der Waals surface area contributed by atoms with Crippen molar-refractivity contribution in [3.63, 3.8) is 0 Å². The highest BCUT2D eigenvalue weighted by Gasteiger charge is 2.35. The molecule has 0 amide bonds. The lowest BCUT2D eigenvalue weighted by Gasteiger charge is -2.30. The molecule has 2 aliphatic carbocycles. The Bertz CT molecular complexity index is 293. The number of nitrogens with zero attached hydrogens (tertiary/aromatic N) is 1. The number of allylic oxidation sites excluding steroid dienone is 2. The van der Waals surface area contributed by atoms with E-state index in [1.165, 1.54) is 58.3 Å². The van der Waals surface area contributed by atoms with E-state index in [1.54, 1.807) is 0 Å². The van der Waals surface area contributed by atoms with E-state index in [9.17, 15) is 0 Å².